The van der Waals surface area contributed by atoms with Crippen molar-refractivity contribution in [2.24, 2.45) is 12.8 Å². The number of fused-ring (bicyclic) bond motifs is 1. The van der Waals surface area contributed by atoms with Gasteiger partial charge >= 0.3 is 0 Å². The molecule has 1 aliphatic rings. The third-order valence-electron chi connectivity index (χ3n) is 5.43. The van der Waals surface area contributed by atoms with Gasteiger partial charge in [0, 0.05) is 44.1 Å². The van der Waals surface area contributed by atoms with Crippen molar-refractivity contribution in [2.75, 3.05) is 26.2 Å². The number of rotatable bonds is 4. The minimum atomic E-state index is -3.77. The van der Waals surface area contributed by atoms with Crippen LogP contribution in [0.4, 0.5) is 0 Å². The van der Waals surface area contributed by atoms with E-state index in [1.165, 1.54) is 32.5 Å². The molecule has 0 spiro atoms. The molecule has 2 amide bonds. The lowest BCUT2D eigenvalue weighted by Gasteiger charge is -2.33. The highest BCUT2D eigenvalue weighted by Gasteiger charge is 2.32. The first kappa shape index (κ1) is 20.6. The molecule has 1 saturated heterocycles. The van der Waals surface area contributed by atoms with Gasteiger partial charge < -0.3 is 15.2 Å². The normalized spacial score (nSPS) is 15.6. The Morgan fingerprint density at radius 2 is 1.77 bits per heavy atom. The molecule has 0 unspecified atom stereocenters. The quantitative estimate of drug-likeness (QED) is 0.659. The second kappa shape index (κ2) is 7.53. The van der Waals surface area contributed by atoms with Crippen molar-refractivity contribution in [1.82, 2.24) is 13.8 Å². The predicted molar refractivity (Wildman–Crippen MR) is 115 cm³/mol. The van der Waals surface area contributed by atoms with Gasteiger partial charge in [-0.15, -0.1) is 11.3 Å². The summed E-state index contributed by atoms with van der Waals surface area (Å²) in [5.41, 5.74) is 6.37. The first-order chi connectivity index (χ1) is 14.2. The molecule has 0 atom stereocenters. The molecular formula is C20H22N4O4S2. The second-order valence-corrected chi connectivity index (χ2v) is 10.3. The minimum Gasteiger partial charge on any atom is -0.364 e. The number of piperazine rings is 1. The van der Waals surface area contributed by atoms with Gasteiger partial charge in [-0.25, -0.2) is 8.42 Å². The second-order valence-electron chi connectivity index (χ2n) is 7.28. The first-order valence-electron chi connectivity index (χ1n) is 9.44. The molecule has 0 radical (unpaired) electrons. The Hall–Kier alpha value is -2.69. The number of carbonyl (C=O) groups excluding carboxylic acids is 2. The van der Waals surface area contributed by atoms with Gasteiger partial charge in [0.1, 0.15) is 10.6 Å². The van der Waals surface area contributed by atoms with E-state index < -0.39 is 15.9 Å². The zero-order chi connectivity index (χ0) is 21.6. The van der Waals surface area contributed by atoms with E-state index in [1.807, 2.05) is 31.2 Å². The monoisotopic (exact) mass is 446 g/mol. The molecule has 0 bridgehead atoms. The fourth-order valence-corrected chi connectivity index (χ4v) is 6.39. The molecule has 1 fully saturated rings. The highest BCUT2D eigenvalue weighted by atomic mass is 32.2. The van der Waals surface area contributed by atoms with Crippen LogP contribution in [0.5, 0.6) is 0 Å². The number of carbonyl (C=O) groups is 2. The van der Waals surface area contributed by atoms with Gasteiger partial charge in [-0.2, -0.15) is 4.31 Å². The lowest BCUT2D eigenvalue weighted by Crippen LogP contribution is -2.50. The van der Waals surface area contributed by atoms with Crippen LogP contribution >= 0.6 is 11.3 Å². The number of benzene rings is 1. The van der Waals surface area contributed by atoms with Crippen LogP contribution in [0.1, 0.15) is 25.7 Å². The van der Waals surface area contributed by atoms with Crippen LogP contribution in [-0.2, 0) is 17.1 Å². The SMILES string of the molecule is Cc1c(C(=O)N2CCN(S(=O)(=O)c3cc(C(N)=O)n(C)c3)CC2)sc2ccccc12. The fourth-order valence-electron chi connectivity index (χ4n) is 3.72. The van der Waals surface area contributed by atoms with Gasteiger partial charge in [0.2, 0.25) is 10.0 Å². The van der Waals surface area contributed by atoms with Crippen LogP contribution in [0.25, 0.3) is 10.1 Å². The molecule has 2 aromatic heterocycles. The number of nitrogens with zero attached hydrogens (tertiary/aromatic N) is 3. The van der Waals surface area contributed by atoms with Crippen molar-refractivity contribution < 1.29 is 18.0 Å². The van der Waals surface area contributed by atoms with E-state index in [-0.39, 0.29) is 29.6 Å². The largest absolute Gasteiger partial charge is 0.364 e. The molecular weight excluding hydrogens is 424 g/mol. The zero-order valence-electron chi connectivity index (χ0n) is 16.7. The van der Waals surface area contributed by atoms with Gasteiger partial charge in [0.25, 0.3) is 11.8 Å². The number of hydrogen-bond donors (Lipinski definition) is 1. The number of aryl methyl sites for hydroxylation is 2. The van der Waals surface area contributed by atoms with Crippen molar-refractivity contribution in [2.45, 2.75) is 11.8 Å². The molecule has 3 heterocycles. The van der Waals surface area contributed by atoms with Crippen LogP contribution < -0.4 is 5.73 Å². The zero-order valence-corrected chi connectivity index (χ0v) is 18.3. The Morgan fingerprint density at radius 3 is 2.37 bits per heavy atom. The average molecular weight is 447 g/mol. The lowest BCUT2D eigenvalue weighted by atomic mass is 10.1. The Labute approximate surface area is 178 Å². The van der Waals surface area contributed by atoms with Gasteiger partial charge in [0.15, 0.2) is 0 Å². The van der Waals surface area contributed by atoms with Crippen molar-refractivity contribution in [3.8, 4) is 0 Å². The van der Waals surface area contributed by atoms with Crippen molar-refractivity contribution in [3.63, 3.8) is 0 Å². The summed E-state index contributed by atoms with van der Waals surface area (Å²) >= 11 is 1.47. The average Bonchev–Trinajstić information content (AvgIpc) is 3.29. The summed E-state index contributed by atoms with van der Waals surface area (Å²) in [5, 5.41) is 1.07. The molecule has 4 rings (SSSR count). The summed E-state index contributed by atoms with van der Waals surface area (Å²) in [7, 11) is -2.20. The molecule has 8 nitrogen and oxygen atoms in total. The summed E-state index contributed by atoms with van der Waals surface area (Å²) in [6.45, 7) is 2.94. The molecule has 3 aromatic rings. The number of primary amides is 1. The first-order valence-corrected chi connectivity index (χ1v) is 11.7. The standard InChI is InChI=1S/C20H22N4O4S2/c1-13-15-5-3-4-6-17(15)29-18(13)20(26)23-7-9-24(10-8-23)30(27,28)14-11-16(19(21)25)22(2)12-14/h3-6,11-12H,7-10H2,1-2H3,(H2,21,25). The maximum Gasteiger partial charge on any atom is 0.265 e. The molecule has 30 heavy (non-hydrogen) atoms. The summed E-state index contributed by atoms with van der Waals surface area (Å²) in [4.78, 5) is 26.9. The maximum absolute atomic E-state index is 13.1. The van der Waals surface area contributed by atoms with Crippen molar-refractivity contribution in [3.05, 3.63) is 52.7 Å². The molecule has 1 aliphatic heterocycles. The fraction of sp³-hybridized carbons (Fsp3) is 0.300. The number of nitrogens with two attached hydrogens (primary N) is 1. The summed E-state index contributed by atoms with van der Waals surface area (Å²) in [6.07, 6.45) is 1.38. The smallest absolute Gasteiger partial charge is 0.265 e. The van der Waals surface area contributed by atoms with Crippen molar-refractivity contribution >= 4 is 43.3 Å². The third-order valence-corrected chi connectivity index (χ3v) is 8.56. The number of aromatic nitrogens is 1. The maximum atomic E-state index is 13.1. The molecule has 10 heteroatoms. The van der Waals surface area contributed by atoms with E-state index in [4.69, 9.17) is 5.73 Å². The van der Waals surface area contributed by atoms with Crippen LogP contribution in [0.15, 0.2) is 41.4 Å². The van der Waals surface area contributed by atoms with Gasteiger partial charge in [-0.05, 0) is 30.0 Å². The summed E-state index contributed by atoms with van der Waals surface area (Å²) in [6, 6.07) is 9.18. The number of hydrogen-bond acceptors (Lipinski definition) is 5. The van der Waals surface area contributed by atoms with Gasteiger partial charge in [-0.1, -0.05) is 18.2 Å². The molecule has 158 valence electrons. The van der Waals surface area contributed by atoms with E-state index in [1.54, 1.807) is 11.9 Å². The Balaban J connectivity index is 1.50. The highest BCUT2D eigenvalue weighted by Crippen LogP contribution is 2.32. The van der Waals surface area contributed by atoms with Gasteiger partial charge in [-0.3, -0.25) is 9.59 Å². The molecule has 1 aromatic carbocycles. The number of thiophene rings is 1. The van der Waals surface area contributed by atoms with E-state index >= 15 is 0 Å². The molecule has 2 N–H and O–H groups in total. The summed E-state index contributed by atoms with van der Waals surface area (Å²) in [5.74, 6) is -0.755. The van der Waals surface area contributed by atoms with E-state index in [2.05, 4.69) is 0 Å². The van der Waals surface area contributed by atoms with Crippen LogP contribution in [0.2, 0.25) is 0 Å². The molecule has 0 saturated carbocycles. The summed E-state index contributed by atoms with van der Waals surface area (Å²) < 4.78 is 29.7. The van der Waals surface area contributed by atoms with Crippen LogP contribution in [0, 0.1) is 6.92 Å². The Bertz CT molecular complexity index is 1250. The Morgan fingerprint density at radius 1 is 1.10 bits per heavy atom. The number of amides is 2. The third kappa shape index (κ3) is 3.40. The predicted octanol–water partition coefficient (Wildman–Crippen LogP) is 1.79. The molecule has 0 aliphatic carbocycles. The number of sulfonamides is 1. The van der Waals surface area contributed by atoms with Gasteiger partial charge in [0.05, 0.1) is 4.88 Å². The van der Waals surface area contributed by atoms with E-state index in [0.29, 0.717) is 18.0 Å². The topological polar surface area (TPSA) is 106 Å². The van der Waals surface area contributed by atoms with E-state index in [9.17, 15) is 18.0 Å². The van der Waals surface area contributed by atoms with Crippen molar-refractivity contribution in [1.29, 1.82) is 0 Å². The minimum absolute atomic E-state index is 0.0268. The van der Waals surface area contributed by atoms with Crippen LogP contribution in [0.3, 0.4) is 0 Å². The Kier molecular flexibility index (Phi) is 5.16. The lowest BCUT2D eigenvalue weighted by molar-refractivity contribution is 0.0702. The van der Waals surface area contributed by atoms with E-state index in [0.717, 1.165) is 15.6 Å². The highest BCUT2D eigenvalue weighted by molar-refractivity contribution is 7.89. The van der Waals surface area contributed by atoms with Crippen LogP contribution in [-0.4, -0.2) is 60.2 Å².